The molecule has 0 bridgehead atoms. The van der Waals surface area contributed by atoms with Gasteiger partial charge in [-0.15, -0.1) is 0 Å². The number of hydrogen-bond acceptors (Lipinski definition) is 4. The molecule has 29 heavy (non-hydrogen) atoms. The zero-order valence-electron chi connectivity index (χ0n) is 16.2. The highest BCUT2D eigenvalue weighted by molar-refractivity contribution is 6.09. The molecule has 0 spiro atoms. The molecule has 0 aromatic heterocycles. The van der Waals surface area contributed by atoms with Crippen LogP contribution < -0.4 is 10.2 Å². The van der Waals surface area contributed by atoms with Gasteiger partial charge < -0.3 is 4.74 Å². The van der Waals surface area contributed by atoms with Crippen LogP contribution in [0.3, 0.4) is 0 Å². The Morgan fingerprint density at radius 3 is 2.17 bits per heavy atom. The van der Waals surface area contributed by atoms with Crippen molar-refractivity contribution in [3.63, 3.8) is 0 Å². The lowest BCUT2D eigenvalue weighted by atomic mass is 10.0. The van der Waals surface area contributed by atoms with Crippen LogP contribution in [0.2, 0.25) is 0 Å². The summed E-state index contributed by atoms with van der Waals surface area (Å²) in [6, 6.07) is 22.3. The molecule has 0 radical (unpaired) electrons. The van der Waals surface area contributed by atoms with Crippen molar-refractivity contribution >= 4 is 11.9 Å². The standard InChI is InChI=1S/C24H22N2O3/c1-17-6-8-19(9-7-17)23(27)20-10-12-22(13-11-20)29-24(28)25-26-15-14-18-4-2-3-5-21(18)16-26/h2-13H,14-16H2,1H3,(H,25,28). The molecule has 3 aromatic rings. The Hall–Kier alpha value is -3.44. The van der Waals surface area contributed by atoms with Crippen LogP contribution in [0.25, 0.3) is 0 Å². The van der Waals surface area contributed by atoms with E-state index in [1.165, 1.54) is 11.1 Å². The average Bonchev–Trinajstić information content (AvgIpc) is 2.74. The van der Waals surface area contributed by atoms with Crippen LogP contribution in [0.5, 0.6) is 5.75 Å². The zero-order chi connectivity index (χ0) is 20.2. The number of carbonyl (C=O) groups is 2. The normalized spacial score (nSPS) is 13.4. The maximum absolute atomic E-state index is 12.5. The molecule has 1 amide bonds. The third kappa shape index (κ3) is 4.52. The molecule has 5 heteroatoms. The minimum atomic E-state index is -0.540. The number of nitrogens with one attached hydrogen (secondary N) is 1. The molecule has 1 aliphatic rings. The van der Waals surface area contributed by atoms with Gasteiger partial charge in [-0.3, -0.25) is 10.2 Å². The lowest BCUT2D eigenvalue weighted by Gasteiger charge is -2.28. The molecule has 1 aliphatic heterocycles. The molecular weight excluding hydrogens is 364 g/mol. The Bertz CT molecular complexity index is 1030. The van der Waals surface area contributed by atoms with E-state index >= 15 is 0 Å². The van der Waals surface area contributed by atoms with Crippen LogP contribution in [0.4, 0.5) is 4.79 Å². The molecule has 4 rings (SSSR count). The first kappa shape index (κ1) is 18.9. The summed E-state index contributed by atoms with van der Waals surface area (Å²) in [5.74, 6) is 0.327. The van der Waals surface area contributed by atoms with Crippen molar-refractivity contribution in [1.29, 1.82) is 0 Å². The number of rotatable bonds is 4. The largest absolute Gasteiger partial charge is 0.427 e. The summed E-state index contributed by atoms with van der Waals surface area (Å²) in [6.45, 7) is 3.36. The van der Waals surface area contributed by atoms with Crippen molar-refractivity contribution in [2.45, 2.75) is 19.9 Å². The molecule has 3 aromatic carbocycles. The lowest BCUT2D eigenvalue weighted by Crippen LogP contribution is -2.46. The third-order valence-corrected chi connectivity index (χ3v) is 5.02. The quantitative estimate of drug-likeness (QED) is 0.680. The zero-order valence-corrected chi connectivity index (χ0v) is 16.2. The van der Waals surface area contributed by atoms with E-state index < -0.39 is 6.09 Å². The number of amides is 1. The first-order valence-corrected chi connectivity index (χ1v) is 9.60. The van der Waals surface area contributed by atoms with Gasteiger partial charge in [0.15, 0.2) is 5.78 Å². The molecule has 1 heterocycles. The van der Waals surface area contributed by atoms with Crippen LogP contribution in [0, 0.1) is 6.92 Å². The molecule has 5 nitrogen and oxygen atoms in total. The Morgan fingerprint density at radius 1 is 0.862 bits per heavy atom. The van der Waals surface area contributed by atoms with Gasteiger partial charge in [0, 0.05) is 24.2 Å². The number of carbonyl (C=O) groups excluding carboxylic acids is 2. The number of hydrogen-bond donors (Lipinski definition) is 1. The van der Waals surface area contributed by atoms with E-state index in [0.29, 0.717) is 23.4 Å². The molecule has 0 fully saturated rings. The summed E-state index contributed by atoms with van der Waals surface area (Å²) in [7, 11) is 0. The van der Waals surface area contributed by atoms with E-state index in [2.05, 4.69) is 17.6 Å². The highest BCUT2D eigenvalue weighted by atomic mass is 16.6. The Labute approximate surface area is 169 Å². The smallest absolute Gasteiger partial charge is 0.409 e. The van der Waals surface area contributed by atoms with Gasteiger partial charge in [0.25, 0.3) is 0 Å². The monoisotopic (exact) mass is 386 g/mol. The second-order valence-electron chi connectivity index (χ2n) is 7.16. The summed E-state index contributed by atoms with van der Waals surface area (Å²) >= 11 is 0. The van der Waals surface area contributed by atoms with E-state index in [0.717, 1.165) is 18.5 Å². The maximum Gasteiger partial charge on any atom is 0.427 e. The second kappa shape index (κ2) is 8.29. The minimum absolute atomic E-state index is 0.0621. The van der Waals surface area contributed by atoms with Crippen molar-refractivity contribution < 1.29 is 14.3 Å². The average molecular weight is 386 g/mol. The number of ether oxygens (including phenoxy) is 1. The molecular formula is C24H22N2O3. The molecule has 0 saturated heterocycles. The molecule has 0 saturated carbocycles. The number of fused-ring (bicyclic) bond motifs is 1. The summed E-state index contributed by atoms with van der Waals surface area (Å²) in [6.07, 6.45) is 0.341. The van der Waals surface area contributed by atoms with Crippen molar-refractivity contribution in [2.75, 3.05) is 6.54 Å². The van der Waals surface area contributed by atoms with Gasteiger partial charge in [-0.2, -0.15) is 0 Å². The molecule has 146 valence electrons. The molecule has 0 aliphatic carbocycles. The molecule has 0 atom stereocenters. The highest BCUT2D eigenvalue weighted by Crippen LogP contribution is 2.18. The fourth-order valence-corrected chi connectivity index (χ4v) is 3.40. The van der Waals surface area contributed by atoms with E-state index in [-0.39, 0.29) is 5.78 Å². The van der Waals surface area contributed by atoms with Crippen molar-refractivity contribution in [3.8, 4) is 5.75 Å². The van der Waals surface area contributed by atoms with Crippen LogP contribution in [0.1, 0.15) is 32.6 Å². The van der Waals surface area contributed by atoms with Crippen LogP contribution in [-0.2, 0) is 13.0 Å². The number of hydrazine groups is 1. The SMILES string of the molecule is Cc1ccc(C(=O)c2ccc(OC(=O)NN3CCc4ccccc4C3)cc2)cc1. The summed E-state index contributed by atoms with van der Waals surface area (Å²) in [5, 5.41) is 1.85. The predicted molar refractivity (Wildman–Crippen MR) is 111 cm³/mol. The van der Waals surface area contributed by atoms with Gasteiger partial charge in [0.1, 0.15) is 5.75 Å². The Balaban J connectivity index is 1.34. The van der Waals surface area contributed by atoms with E-state index in [1.54, 1.807) is 24.3 Å². The maximum atomic E-state index is 12.5. The van der Waals surface area contributed by atoms with Gasteiger partial charge in [0.05, 0.1) is 0 Å². The van der Waals surface area contributed by atoms with Gasteiger partial charge in [-0.1, -0.05) is 54.1 Å². The number of aryl methyl sites for hydroxylation is 1. The van der Waals surface area contributed by atoms with Crippen LogP contribution in [0.15, 0.2) is 72.8 Å². The van der Waals surface area contributed by atoms with Crippen molar-refractivity contribution in [2.24, 2.45) is 0 Å². The van der Waals surface area contributed by atoms with E-state index in [9.17, 15) is 9.59 Å². The van der Waals surface area contributed by atoms with E-state index in [4.69, 9.17) is 4.74 Å². The predicted octanol–water partition coefficient (Wildman–Crippen LogP) is 4.29. The number of nitrogens with zero attached hydrogens (tertiary/aromatic N) is 1. The molecule has 0 unspecified atom stereocenters. The minimum Gasteiger partial charge on any atom is -0.409 e. The van der Waals surface area contributed by atoms with Gasteiger partial charge in [-0.25, -0.2) is 9.80 Å². The fraction of sp³-hybridized carbons (Fsp3) is 0.167. The first-order chi connectivity index (χ1) is 14.1. The van der Waals surface area contributed by atoms with Gasteiger partial charge in [-0.05, 0) is 48.7 Å². The number of ketones is 1. The Kier molecular flexibility index (Phi) is 5.40. The summed E-state index contributed by atoms with van der Waals surface area (Å²) in [4.78, 5) is 24.8. The topological polar surface area (TPSA) is 58.6 Å². The van der Waals surface area contributed by atoms with Crippen molar-refractivity contribution in [1.82, 2.24) is 10.4 Å². The van der Waals surface area contributed by atoms with Crippen molar-refractivity contribution in [3.05, 3.63) is 101 Å². The van der Waals surface area contributed by atoms with E-state index in [1.807, 2.05) is 48.3 Å². The summed E-state index contributed by atoms with van der Waals surface area (Å²) < 4.78 is 5.36. The van der Waals surface area contributed by atoms with Crippen LogP contribution >= 0.6 is 0 Å². The third-order valence-electron chi connectivity index (χ3n) is 5.02. The summed E-state index contributed by atoms with van der Waals surface area (Å²) in [5.41, 5.74) is 7.59. The first-order valence-electron chi connectivity index (χ1n) is 9.60. The lowest BCUT2D eigenvalue weighted by molar-refractivity contribution is 0.103. The Morgan fingerprint density at radius 2 is 1.48 bits per heavy atom. The van der Waals surface area contributed by atoms with Gasteiger partial charge >= 0.3 is 6.09 Å². The number of benzene rings is 3. The fourth-order valence-electron chi connectivity index (χ4n) is 3.40. The molecule has 1 N–H and O–H groups in total. The van der Waals surface area contributed by atoms with Gasteiger partial charge in [0.2, 0.25) is 0 Å². The van der Waals surface area contributed by atoms with Crippen LogP contribution in [-0.4, -0.2) is 23.4 Å². The second-order valence-corrected chi connectivity index (χ2v) is 7.16. The highest BCUT2D eigenvalue weighted by Gasteiger charge is 2.18.